The summed E-state index contributed by atoms with van der Waals surface area (Å²) in [6.45, 7) is 7.16. The molecule has 3 aromatic rings. The molecular weight excluding hydrogens is 346 g/mol. The first kappa shape index (κ1) is 18.3. The zero-order chi connectivity index (χ0) is 19.4. The van der Waals surface area contributed by atoms with Crippen molar-refractivity contribution in [2.45, 2.75) is 0 Å². The summed E-state index contributed by atoms with van der Waals surface area (Å²) in [6, 6.07) is 15.2. The Bertz CT molecular complexity index is 1020. The van der Waals surface area contributed by atoms with Crippen LogP contribution in [0.25, 0.3) is 23.3 Å². The van der Waals surface area contributed by atoms with Gasteiger partial charge in [0, 0.05) is 5.56 Å². The fourth-order valence-electron chi connectivity index (χ4n) is 2.56. The summed E-state index contributed by atoms with van der Waals surface area (Å²) < 4.78 is 33.2. The van der Waals surface area contributed by atoms with E-state index in [1.54, 1.807) is 36.4 Å². The van der Waals surface area contributed by atoms with Crippen LogP contribution in [0.1, 0.15) is 21.5 Å². The Balaban J connectivity index is 1.80. The number of halogens is 2. The molecule has 0 bridgehead atoms. The van der Waals surface area contributed by atoms with E-state index in [0.717, 1.165) is 0 Å². The summed E-state index contributed by atoms with van der Waals surface area (Å²) in [7, 11) is 0. The van der Waals surface area contributed by atoms with Crippen LogP contribution in [0.15, 0.2) is 73.8 Å². The van der Waals surface area contributed by atoms with Gasteiger partial charge in [-0.25, -0.2) is 13.6 Å². The van der Waals surface area contributed by atoms with Gasteiger partial charge in [-0.15, -0.1) is 0 Å². The van der Waals surface area contributed by atoms with E-state index in [-0.39, 0.29) is 17.1 Å². The third-order valence-electron chi connectivity index (χ3n) is 4.05. The minimum absolute atomic E-state index is 0.166. The van der Waals surface area contributed by atoms with E-state index in [0.29, 0.717) is 22.3 Å². The lowest BCUT2D eigenvalue weighted by molar-refractivity contribution is 0.0728. The molecule has 0 unspecified atom stereocenters. The number of carbonyl (C=O) groups excluding carboxylic acids is 1. The fraction of sp³-hybridized carbons (Fsp3) is 0. The smallest absolute Gasteiger partial charge is 0.343 e. The maximum atomic E-state index is 14.2. The summed E-state index contributed by atoms with van der Waals surface area (Å²) in [6.07, 6.45) is 3.06. The Morgan fingerprint density at radius 2 is 1.41 bits per heavy atom. The van der Waals surface area contributed by atoms with Crippen LogP contribution in [0.4, 0.5) is 8.78 Å². The van der Waals surface area contributed by atoms with Crippen LogP contribution >= 0.6 is 0 Å². The average molecular weight is 362 g/mol. The standard InChI is InChI=1S/C23H16F2O2/c1-3-15-5-11-19(20(24)13-15)17-7-9-18(10-8-17)23(26)27-22-12-6-16(4-2)14-21(22)25/h3-14H,1-2H2. The van der Waals surface area contributed by atoms with Crippen molar-refractivity contribution < 1.29 is 18.3 Å². The third-order valence-corrected chi connectivity index (χ3v) is 4.05. The van der Waals surface area contributed by atoms with Crippen LogP contribution in [-0.2, 0) is 0 Å². The van der Waals surface area contributed by atoms with Gasteiger partial charge in [0.15, 0.2) is 11.6 Å². The predicted octanol–water partition coefficient (Wildman–Crippen LogP) is 6.14. The molecule has 0 amide bonds. The van der Waals surface area contributed by atoms with Gasteiger partial charge < -0.3 is 4.74 Å². The molecule has 0 aliphatic rings. The van der Waals surface area contributed by atoms with Gasteiger partial charge in [0.25, 0.3) is 0 Å². The highest BCUT2D eigenvalue weighted by Gasteiger charge is 2.13. The van der Waals surface area contributed by atoms with Crippen molar-refractivity contribution in [2.75, 3.05) is 0 Å². The van der Waals surface area contributed by atoms with Crippen molar-refractivity contribution in [3.63, 3.8) is 0 Å². The Morgan fingerprint density at radius 1 is 0.815 bits per heavy atom. The molecule has 3 aromatic carbocycles. The molecule has 0 atom stereocenters. The molecule has 134 valence electrons. The Kier molecular flexibility index (Phi) is 5.27. The molecule has 0 N–H and O–H groups in total. The molecule has 0 aliphatic heterocycles. The van der Waals surface area contributed by atoms with Gasteiger partial charge in [-0.05, 0) is 47.0 Å². The Hall–Kier alpha value is -3.53. The first-order valence-corrected chi connectivity index (χ1v) is 8.18. The number of hydrogen-bond acceptors (Lipinski definition) is 2. The van der Waals surface area contributed by atoms with Crippen molar-refractivity contribution in [3.8, 4) is 16.9 Å². The van der Waals surface area contributed by atoms with Crippen LogP contribution in [-0.4, -0.2) is 5.97 Å². The summed E-state index contributed by atoms with van der Waals surface area (Å²) in [4.78, 5) is 12.2. The van der Waals surface area contributed by atoms with Gasteiger partial charge in [-0.3, -0.25) is 0 Å². The SMILES string of the molecule is C=Cc1ccc(OC(=O)c2ccc(-c3ccc(C=C)cc3F)cc2)c(F)c1. The second-order valence-electron chi connectivity index (χ2n) is 5.80. The zero-order valence-corrected chi connectivity index (χ0v) is 14.4. The van der Waals surface area contributed by atoms with E-state index in [1.165, 1.54) is 36.4 Å². The van der Waals surface area contributed by atoms with Gasteiger partial charge in [0.05, 0.1) is 5.56 Å². The van der Waals surface area contributed by atoms with Crippen molar-refractivity contribution in [2.24, 2.45) is 0 Å². The maximum absolute atomic E-state index is 14.2. The second-order valence-corrected chi connectivity index (χ2v) is 5.80. The number of hydrogen-bond donors (Lipinski definition) is 0. The largest absolute Gasteiger partial charge is 0.420 e. The van der Waals surface area contributed by atoms with E-state index in [4.69, 9.17) is 4.74 Å². The average Bonchev–Trinajstić information content (AvgIpc) is 2.69. The minimum atomic E-state index is -0.700. The van der Waals surface area contributed by atoms with Gasteiger partial charge in [0.2, 0.25) is 0 Å². The van der Waals surface area contributed by atoms with Crippen molar-refractivity contribution >= 4 is 18.1 Å². The van der Waals surface area contributed by atoms with Gasteiger partial charge in [-0.1, -0.05) is 55.6 Å². The second kappa shape index (κ2) is 7.79. The lowest BCUT2D eigenvalue weighted by Crippen LogP contribution is -2.09. The molecule has 0 aliphatic carbocycles. The quantitative estimate of drug-likeness (QED) is 0.403. The van der Waals surface area contributed by atoms with Gasteiger partial charge in [-0.2, -0.15) is 0 Å². The number of carbonyl (C=O) groups is 1. The van der Waals surface area contributed by atoms with E-state index in [9.17, 15) is 13.6 Å². The molecule has 0 fully saturated rings. The normalized spacial score (nSPS) is 10.3. The topological polar surface area (TPSA) is 26.3 Å². The molecule has 0 radical (unpaired) electrons. The monoisotopic (exact) mass is 362 g/mol. The predicted molar refractivity (Wildman–Crippen MR) is 103 cm³/mol. The molecule has 27 heavy (non-hydrogen) atoms. The lowest BCUT2D eigenvalue weighted by atomic mass is 10.0. The number of ether oxygens (including phenoxy) is 1. The van der Waals surface area contributed by atoms with E-state index in [1.807, 2.05) is 0 Å². The number of rotatable bonds is 5. The van der Waals surface area contributed by atoms with Crippen LogP contribution in [0.3, 0.4) is 0 Å². The Labute approximate surface area is 156 Å². The zero-order valence-electron chi connectivity index (χ0n) is 14.4. The number of esters is 1. The molecular formula is C23H16F2O2. The third kappa shape index (κ3) is 4.01. The van der Waals surface area contributed by atoms with Crippen LogP contribution < -0.4 is 4.74 Å². The van der Waals surface area contributed by atoms with Crippen LogP contribution in [0.5, 0.6) is 5.75 Å². The molecule has 0 spiro atoms. The van der Waals surface area contributed by atoms with E-state index in [2.05, 4.69) is 13.2 Å². The molecule has 4 heteroatoms. The molecule has 0 saturated carbocycles. The molecule has 2 nitrogen and oxygen atoms in total. The van der Waals surface area contributed by atoms with Gasteiger partial charge >= 0.3 is 5.97 Å². The lowest BCUT2D eigenvalue weighted by Gasteiger charge is -2.08. The molecule has 0 heterocycles. The summed E-state index contributed by atoms with van der Waals surface area (Å²) >= 11 is 0. The highest BCUT2D eigenvalue weighted by Crippen LogP contribution is 2.25. The summed E-state index contributed by atoms with van der Waals surface area (Å²) in [5, 5.41) is 0. The first-order chi connectivity index (χ1) is 13.0. The van der Waals surface area contributed by atoms with Crippen molar-refractivity contribution in [3.05, 3.63) is 102 Å². The van der Waals surface area contributed by atoms with Crippen molar-refractivity contribution in [1.82, 2.24) is 0 Å². The molecule has 3 rings (SSSR count). The highest BCUT2D eigenvalue weighted by atomic mass is 19.1. The summed E-state index contributed by atoms with van der Waals surface area (Å²) in [5.41, 5.74) is 2.52. The highest BCUT2D eigenvalue weighted by molar-refractivity contribution is 5.91. The molecule has 0 aromatic heterocycles. The van der Waals surface area contributed by atoms with Crippen LogP contribution in [0, 0.1) is 11.6 Å². The maximum Gasteiger partial charge on any atom is 0.343 e. The first-order valence-electron chi connectivity index (χ1n) is 8.18. The van der Waals surface area contributed by atoms with Gasteiger partial charge in [0.1, 0.15) is 5.82 Å². The van der Waals surface area contributed by atoms with Crippen molar-refractivity contribution in [1.29, 1.82) is 0 Å². The van der Waals surface area contributed by atoms with E-state index < -0.39 is 11.8 Å². The number of benzene rings is 3. The Morgan fingerprint density at radius 3 is 1.96 bits per heavy atom. The fourth-order valence-corrected chi connectivity index (χ4v) is 2.56. The molecule has 0 saturated heterocycles. The summed E-state index contributed by atoms with van der Waals surface area (Å²) in [5.74, 6) is -1.90. The van der Waals surface area contributed by atoms with E-state index >= 15 is 0 Å². The van der Waals surface area contributed by atoms with Crippen LogP contribution in [0.2, 0.25) is 0 Å². The minimum Gasteiger partial charge on any atom is -0.420 e.